The van der Waals surface area contributed by atoms with Crippen LogP contribution in [0.1, 0.15) is 45.0 Å². The summed E-state index contributed by atoms with van der Waals surface area (Å²) in [7, 11) is 1.64. The Labute approximate surface area is 159 Å². The van der Waals surface area contributed by atoms with Crippen LogP contribution in [0.25, 0.3) is 22.3 Å². The van der Waals surface area contributed by atoms with E-state index in [1.54, 1.807) is 7.11 Å². The van der Waals surface area contributed by atoms with Crippen LogP contribution in [0.2, 0.25) is 5.02 Å². The van der Waals surface area contributed by atoms with Gasteiger partial charge in [-0.05, 0) is 49.4 Å². The van der Waals surface area contributed by atoms with Crippen LogP contribution < -0.4 is 4.74 Å². The second kappa shape index (κ2) is 6.92. The van der Waals surface area contributed by atoms with E-state index in [1.807, 2.05) is 24.4 Å². The Morgan fingerprint density at radius 1 is 1.27 bits per heavy atom. The van der Waals surface area contributed by atoms with Crippen LogP contribution in [0.5, 0.6) is 5.75 Å². The van der Waals surface area contributed by atoms with Gasteiger partial charge in [-0.15, -0.1) is 0 Å². The van der Waals surface area contributed by atoms with E-state index in [0.717, 1.165) is 52.6 Å². The summed E-state index contributed by atoms with van der Waals surface area (Å²) < 4.78 is 7.72. The lowest BCUT2D eigenvalue weighted by Gasteiger charge is -2.19. The summed E-state index contributed by atoms with van der Waals surface area (Å²) in [5, 5.41) is 0.631. The Hall–Kier alpha value is -2.07. The molecule has 1 aromatic carbocycles. The molecule has 4 rings (SSSR count). The highest BCUT2D eigenvalue weighted by Crippen LogP contribution is 2.44. The average Bonchev–Trinajstić information content (AvgIpc) is 3.43. The van der Waals surface area contributed by atoms with E-state index in [2.05, 4.69) is 29.5 Å². The molecule has 1 saturated carbocycles. The number of aromatic nitrogens is 3. The molecule has 3 aromatic rings. The van der Waals surface area contributed by atoms with Gasteiger partial charge in [0.1, 0.15) is 17.1 Å². The molecule has 1 aliphatic rings. The number of benzene rings is 1. The van der Waals surface area contributed by atoms with Crippen molar-refractivity contribution < 1.29 is 4.74 Å². The third-order valence-corrected chi connectivity index (χ3v) is 5.66. The first kappa shape index (κ1) is 17.3. The minimum absolute atomic E-state index is 0.525. The molecule has 0 N–H and O–H groups in total. The molecule has 2 aromatic heterocycles. The molecule has 0 amide bonds. The van der Waals surface area contributed by atoms with Gasteiger partial charge < -0.3 is 9.30 Å². The first-order valence-corrected chi connectivity index (χ1v) is 9.75. The van der Waals surface area contributed by atoms with Crippen molar-refractivity contribution >= 4 is 22.6 Å². The molecule has 5 heteroatoms. The summed E-state index contributed by atoms with van der Waals surface area (Å²) in [5.74, 6) is 2.66. The molecule has 4 nitrogen and oxygen atoms in total. The van der Waals surface area contributed by atoms with Gasteiger partial charge in [0.05, 0.1) is 23.3 Å². The molecule has 0 radical (unpaired) electrons. The molecule has 2 heterocycles. The fourth-order valence-electron chi connectivity index (χ4n) is 3.91. The molecule has 0 aliphatic heterocycles. The number of hydrogen-bond donors (Lipinski definition) is 0. The smallest absolute Gasteiger partial charge is 0.120 e. The Kier molecular flexibility index (Phi) is 4.62. The van der Waals surface area contributed by atoms with Crippen molar-refractivity contribution in [3.05, 3.63) is 41.3 Å². The number of rotatable bonds is 6. The molecule has 1 aliphatic carbocycles. The highest BCUT2D eigenvalue weighted by Gasteiger charge is 2.33. The Balaban J connectivity index is 1.91. The van der Waals surface area contributed by atoms with Crippen molar-refractivity contribution in [1.82, 2.24) is 14.5 Å². The van der Waals surface area contributed by atoms with E-state index in [0.29, 0.717) is 11.1 Å². The second-order valence-electron chi connectivity index (χ2n) is 6.94. The zero-order chi connectivity index (χ0) is 18.3. The van der Waals surface area contributed by atoms with E-state index in [1.165, 1.54) is 12.8 Å². The summed E-state index contributed by atoms with van der Waals surface area (Å²) in [6.45, 7) is 4.45. The monoisotopic (exact) mass is 369 g/mol. The van der Waals surface area contributed by atoms with Gasteiger partial charge >= 0.3 is 0 Å². The van der Waals surface area contributed by atoms with E-state index in [4.69, 9.17) is 21.3 Å². The summed E-state index contributed by atoms with van der Waals surface area (Å²) in [4.78, 5) is 9.61. The standard InChI is InChI=1S/C21H24ClN3O/c1-4-17(13-6-7-13)25-18-10-11-23-20(21(18)24-19(25)5-2)15-9-8-14(26-3)12-16(15)22/h8-13,17H,4-7H2,1-3H3. The number of halogens is 1. The predicted octanol–water partition coefficient (Wildman–Crippen LogP) is 5.68. The van der Waals surface area contributed by atoms with Crippen LogP contribution in [0.4, 0.5) is 0 Å². The number of ether oxygens (including phenoxy) is 1. The highest BCUT2D eigenvalue weighted by molar-refractivity contribution is 6.33. The van der Waals surface area contributed by atoms with Crippen LogP contribution in [-0.4, -0.2) is 21.6 Å². The fourth-order valence-corrected chi connectivity index (χ4v) is 4.17. The van der Waals surface area contributed by atoms with Crippen LogP contribution in [0.15, 0.2) is 30.5 Å². The van der Waals surface area contributed by atoms with Gasteiger partial charge in [-0.2, -0.15) is 0 Å². The van der Waals surface area contributed by atoms with Crippen molar-refractivity contribution in [2.45, 2.75) is 45.6 Å². The number of fused-ring (bicyclic) bond motifs is 1. The maximum absolute atomic E-state index is 6.52. The number of pyridine rings is 1. The topological polar surface area (TPSA) is 39.9 Å². The van der Waals surface area contributed by atoms with Crippen molar-refractivity contribution in [2.75, 3.05) is 7.11 Å². The van der Waals surface area contributed by atoms with Crippen LogP contribution in [-0.2, 0) is 6.42 Å². The molecule has 0 saturated heterocycles. The van der Waals surface area contributed by atoms with Gasteiger partial charge in [-0.3, -0.25) is 4.98 Å². The van der Waals surface area contributed by atoms with Crippen molar-refractivity contribution in [1.29, 1.82) is 0 Å². The van der Waals surface area contributed by atoms with Gasteiger partial charge in [-0.1, -0.05) is 25.4 Å². The number of nitrogens with zero attached hydrogens (tertiary/aromatic N) is 3. The zero-order valence-electron chi connectivity index (χ0n) is 15.5. The summed E-state index contributed by atoms with van der Waals surface area (Å²) in [6, 6.07) is 8.32. The molecule has 136 valence electrons. The van der Waals surface area contributed by atoms with Gasteiger partial charge in [0.25, 0.3) is 0 Å². The molecule has 1 unspecified atom stereocenters. The number of methoxy groups -OCH3 is 1. The fraction of sp³-hybridized carbons (Fsp3) is 0.429. The van der Waals surface area contributed by atoms with Crippen LogP contribution >= 0.6 is 11.6 Å². The van der Waals surface area contributed by atoms with Crippen molar-refractivity contribution in [2.24, 2.45) is 5.92 Å². The molecular weight excluding hydrogens is 346 g/mol. The first-order chi connectivity index (χ1) is 12.7. The lowest BCUT2D eigenvalue weighted by atomic mass is 10.1. The first-order valence-electron chi connectivity index (χ1n) is 9.37. The maximum atomic E-state index is 6.52. The van der Waals surface area contributed by atoms with E-state index >= 15 is 0 Å². The lowest BCUT2D eigenvalue weighted by molar-refractivity contribution is 0.415. The largest absolute Gasteiger partial charge is 0.497 e. The Morgan fingerprint density at radius 2 is 2.08 bits per heavy atom. The minimum Gasteiger partial charge on any atom is -0.497 e. The molecule has 1 fully saturated rings. The second-order valence-corrected chi connectivity index (χ2v) is 7.34. The van der Waals surface area contributed by atoms with Crippen LogP contribution in [0, 0.1) is 5.92 Å². The summed E-state index contributed by atoms with van der Waals surface area (Å²) in [6.07, 6.45) is 6.56. The highest BCUT2D eigenvalue weighted by atomic mass is 35.5. The quantitative estimate of drug-likeness (QED) is 0.560. The Bertz CT molecular complexity index is 946. The number of imidazole rings is 1. The van der Waals surface area contributed by atoms with Gasteiger partial charge in [0, 0.05) is 24.2 Å². The summed E-state index contributed by atoms with van der Waals surface area (Å²) >= 11 is 6.52. The molecule has 0 spiro atoms. The van der Waals surface area contributed by atoms with Gasteiger partial charge in [-0.25, -0.2) is 4.98 Å². The summed E-state index contributed by atoms with van der Waals surface area (Å²) in [5.41, 5.74) is 3.84. The van der Waals surface area contributed by atoms with Crippen LogP contribution in [0.3, 0.4) is 0 Å². The molecule has 26 heavy (non-hydrogen) atoms. The molecular formula is C21H24ClN3O. The SMILES string of the molecule is CCc1nc2c(-c3ccc(OC)cc3Cl)nccc2n1C(CC)C1CC1. The zero-order valence-corrected chi connectivity index (χ0v) is 16.3. The number of aryl methyl sites for hydroxylation is 1. The maximum Gasteiger partial charge on any atom is 0.120 e. The third-order valence-electron chi connectivity index (χ3n) is 5.35. The third kappa shape index (κ3) is 2.86. The average molecular weight is 370 g/mol. The van der Waals surface area contributed by atoms with Gasteiger partial charge in [0.2, 0.25) is 0 Å². The lowest BCUT2D eigenvalue weighted by Crippen LogP contribution is -2.13. The van der Waals surface area contributed by atoms with E-state index in [9.17, 15) is 0 Å². The predicted molar refractivity (Wildman–Crippen MR) is 106 cm³/mol. The van der Waals surface area contributed by atoms with E-state index < -0.39 is 0 Å². The van der Waals surface area contributed by atoms with Crippen molar-refractivity contribution in [3.8, 4) is 17.0 Å². The minimum atomic E-state index is 0.525. The van der Waals surface area contributed by atoms with Crippen molar-refractivity contribution in [3.63, 3.8) is 0 Å². The van der Waals surface area contributed by atoms with E-state index in [-0.39, 0.29) is 0 Å². The normalized spacial score (nSPS) is 15.4. The number of hydrogen-bond acceptors (Lipinski definition) is 3. The van der Waals surface area contributed by atoms with Gasteiger partial charge in [0.15, 0.2) is 0 Å². The molecule has 1 atom stereocenters. The Morgan fingerprint density at radius 3 is 2.69 bits per heavy atom. The molecule has 0 bridgehead atoms.